The van der Waals surface area contributed by atoms with Gasteiger partial charge in [-0.2, -0.15) is 0 Å². The second-order valence-corrected chi connectivity index (χ2v) is 3.57. The van der Waals surface area contributed by atoms with Crippen LogP contribution in [0.5, 0.6) is 0 Å². The Morgan fingerprint density at radius 3 is 2.53 bits per heavy atom. The van der Waals surface area contributed by atoms with Crippen molar-refractivity contribution in [1.82, 2.24) is 5.32 Å². The summed E-state index contributed by atoms with van der Waals surface area (Å²) in [7, 11) is 0. The van der Waals surface area contributed by atoms with E-state index in [4.69, 9.17) is 0 Å². The summed E-state index contributed by atoms with van der Waals surface area (Å²) < 4.78 is 0. The summed E-state index contributed by atoms with van der Waals surface area (Å²) in [6, 6.07) is 5.28. The Hall–Kier alpha value is -2.42. The Labute approximate surface area is 98.5 Å². The lowest BCUT2D eigenvalue weighted by Gasteiger charge is -2.13. The summed E-state index contributed by atoms with van der Waals surface area (Å²) in [6.45, 7) is 7.23. The van der Waals surface area contributed by atoms with Crippen molar-refractivity contribution in [2.45, 2.75) is 0 Å². The van der Waals surface area contributed by atoms with E-state index in [1.165, 1.54) is 6.08 Å². The number of carbonyl (C=O) groups is 2. The van der Waals surface area contributed by atoms with Crippen LogP contribution in [0.2, 0.25) is 0 Å². The molecule has 3 nitrogen and oxygen atoms in total. The third-order valence-corrected chi connectivity index (χ3v) is 2.58. The molecular formula is C14H11NO2. The molecule has 1 aliphatic rings. The number of fused-ring (bicyclic) bond motifs is 1. The third-order valence-electron chi connectivity index (χ3n) is 2.58. The minimum atomic E-state index is -0.414. The van der Waals surface area contributed by atoms with Crippen molar-refractivity contribution in [3.63, 3.8) is 0 Å². The fourth-order valence-corrected chi connectivity index (χ4v) is 1.87. The smallest absolute Gasteiger partial charge is 0.258 e. The van der Waals surface area contributed by atoms with Crippen molar-refractivity contribution in [1.29, 1.82) is 0 Å². The van der Waals surface area contributed by atoms with Gasteiger partial charge in [0.2, 0.25) is 0 Å². The van der Waals surface area contributed by atoms with Gasteiger partial charge in [-0.05, 0) is 11.3 Å². The Balaban J connectivity index is 3.05. The van der Waals surface area contributed by atoms with Gasteiger partial charge in [-0.15, -0.1) is 0 Å². The van der Waals surface area contributed by atoms with E-state index >= 15 is 0 Å². The first kappa shape index (κ1) is 11.1. The van der Waals surface area contributed by atoms with E-state index in [2.05, 4.69) is 18.5 Å². The van der Waals surface area contributed by atoms with Gasteiger partial charge in [-0.25, -0.2) is 0 Å². The lowest BCUT2D eigenvalue weighted by Crippen LogP contribution is -2.46. The van der Waals surface area contributed by atoms with Crippen molar-refractivity contribution in [3.8, 4) is 0 Å². The molecule has 84 valence electrons. The van der Waals surface area contributed by atoms with Crippen LogP contribution in [-0.4, -0.2) is 11.8 Å². The molecule has 0 atom stereocenters. The fraction of sp³-hybridized carbons (Fsp3) is 0. The van der Waals surface area contributed by atoms with Crippen molar-refractivity contribution in [2.24, 2.45) is 0 Å². The summed E-state index contributed by atoms with van der Waals surface area (Å²) >= 11 is 0. The predicted octanol–water partition coefficient (Wildman–Crippen LogP) is 0.260. The second kappa shape index (κ2) is 4.22. The van der Waals surface area contributed by atoms with Crippen LogP contribution < -0.4 is 15.8 Å². The van der Waals surface area contributed by atoms with Crippen LogP contribution in [0.4, 0.5) is 0 Å². The van der Waals surface area contributed by atoms with E-state index in [1.807, 2.05) is 6.07 Å². The van der Waals surface area contributed by atoms with Gasteiger partial charge < -0.3 is 0 Å². The molecule has 3 heteroatoms. The Kier molecular flexibility index (Phi) is 2.75. The highest BCUT2D eigenvalue weighted by atomic mass is 16.2. The van der Waals surface area contributed by atoms with E-state index in [-0.39, 0.29) is 5.91 Å². The Morgan fingerprint density at radius 2 is 1.88 bits per heavy atom. The molecule has 0 fully saturated rings. The summed E-state index contributed by atoms with van der Waals surface area (Å²) in [5.41, 5.74) is 0.892. The minimum absolute atomic E-state index is 0.380. The standard InChI is InChI=1S/C14H11NO2/c1-3-6-9-7-5-8-11-12(9)10(4-2)13(16)15-14(11)17/h3-8H,1-2H2,(H,15,16,17)/b9-6-. The van der Waals surface area contributed by atoms with Gasteiger partial charge in [-0.1, -0.05) is 43.5 Å². The normalized spacial score (nSPS) is 15.3. The predicted molar refractivity (Wildman–Crippen MR) is 66.4 cm³/mol. The molecule has 1 aromatic rings. The molecule has 0 aliphatic carbocycles. The molecule has 1 aromatic carbocycles. The van der Waals surface area contributed by atoms with Crippen LogP contribution >= 0.6 is 0 Å². The van der Waals surface area contributed by atoms with Gasteiger partial charge >= 0.3 is 0 Å². The largest absolute Gasteiger partial charge is 0.288 e. The molecule has 0 saturated heterocycles. The average molecular weight is 225 g/mol. The number of carbonyl (C=O) groups excluding carboxylic acids is 2. The number of rotatable bonds is 2. The summed E-state index contributed by atoms with van der Waals surface area (Å²) in [6.07, 6.45) is 4.84. The summed E-state index contributed by atoms with van der Waals surface area (Å²) in [5.74, 6) is -0.794. The van der Waals surface area contributed by atoms with Crippen LogP contribution in [-0.2, 0) is 4.79 Å². The zero-order chi connectivity index (χ0) is 12.4. The molecule has 1 aliphatic heterocycles. The van der Waals surface area contributed by atoms with Crippen LogP contribution in [0.25, 0.3) is 11.6 Å². The third kappa shape index (κ3) is 1.72. The van der Waals surface area contributed by atoms with Crippen LogP contribution in [0, 0.1) is 0 Å². The number of hydrogen-bond donors (Lipinski definition) is 1. The fourth-order valence-electron chi connectivity index (χ4n) is 1.87. The van der Waals surface area contributed by atoms with E-state index in [0.717, 1.165) is 5.22 Å². The molecule has 17 heavy (non-hydrogen) atoms. The topological polar surface area (TPSA) is 46.2 Å². The number of nitrogens with one attached hydrogen (secondary N) is 1. The van der Waals surface area contributed by atoms with Crippen LogP contribution in [0.15, 0.2) is 43.5 Å². The van der Waals surface area contributed by atoms with Crippen molar-refractivity contribution >= 4 is 23.5 Å². The maximum atomic E-state index is 11.7. The van der Waals surface area contributed by atoms with E-state index in [9.17, 15) is 9.59 Å². The highest BCUT2D eigenvalue weighted by Crippen LogP contribution is 2.03. The molecule has 0 spiro atoms. The lowest BCUT2D eigenvalue weighted by atomic mass is 9.99. The zero-order valence-corrected chi connectivity index (χ0v) is 9.19. The van der Waals surface area contributed by atoms with Gasteiger partial charge in [0, 0.05) is 16.4 Å². The number of allylic oxidation sites excluding steroid dienone is 1. The van der Waals surface area contributed by atoms with E-state index < -0.39 is 5.91 Å². The van der Waals surface area contributed by atoms with Crippen molar-refractivity contribution in [3.05, 3.63) is 59.5 Å². The van der Waals surface area contributed by atoms with E-state index in [1.54, 1.807) is 24.3 Å². The first-order chi connectivity index (χ1) is 8.19. The number of benzene rings is 1. The quantitative estimate of drug-likeness (QED) is 0.734. The highest BCUT2D eigenvalue weighted by molar-refractivity contribution is 6.27. The Bertz CT molecular complexity index is 653. The molecule has 0 saturated carbocycles. The number of imide groups is 1. The number of amides is 2. The van der Waals surface area contributed by atoms with Gasteiger partial charge in [0.25, 0.3) is 11.8 Å². The van der Waals surface area contributed by atoms with E-state index in [0.29, 0.717) is 16.4 Å². The second-order valence-electron chi connectivity index (χ2n) is 3.57. The maximum absolute atomic E-state index is 11.7. The molecule has 0 aromatic heterocycles. The van der Waals surface area contributed by atoms with Gasteiger partial charge in [0.05, 0.1) is 0 Å². The van der Waals surface area contributed by atoms with Gasteiger partial charge in [0.15, 0.2) is 0 Å². The van der Waals surface area contributed by atoms with Crippen molar-refractivity contribution in [2.75, 3.05) is 0 Å². The minimum Gasteiger partial charge on any atom is -0.288 e. The van der Waals surface area contributed by atoms with Crippen LogP contribution in [0.3, 0.4) is 0 Å². The molecule has 2 amide bonds. The van der Waals surface area contributed by atoms with Gasteiger partial charge in [0.1, 0.15) is 0 Å². The highest BCUT2D eigenvalue weighted by Gasteiger charge is 2.21. The molecule has 0 unspecified atom stereocenters. The van der Waals surface area contributed by atoms with Crippen LogP contribution in [0.1, 0.15) is 10.4 Å². The summed E-state index contributed by atoms with van der Waals surface area (Å²) in [4.78, 5) is 23.4. The average Bonchev–Trinajstić information content (AvgIpc) is 2.31. The molecule has 0 radical (unpaired) electrons. The maximum Gasteiger partial charge on any atom is 0.258 e. The van der Waals surface area contributed by atoms with Gasteiger partial charge in [-0.3, -0.25) is 14.9 Å². The molecular weight excluding hydrogens is 214 g/mol. The monoisotopic (exact) mass is 225 g/mol. The van der Waals surface area contributed by atoms with Crippen molar-refractivity contribution < 1.29 is 9.59 Å². The Morgan fingerprint density at radius 1 is 1.12 bits per heavy atom. The number of hydrogen-bond acceptors (Lipinski definition) is 2. The SMILES string of the molecule is C=C/C=c1/cccc2c1=C(C=C)C(=O)NC2=O. The summed E-state index contributed by atoms with van der Waals surface area (Å²) in [5, 5.41) is 3.69. The first-order valence-electron chi connectivity index (χ1n) is 5.13. The molecule has 2 rings (SSSR count). The molecule has 1 heterocycles. The molecule has 0 bridgehead atoms. The zero-order valence-electron chi connectivity index (χ0n) is 9.19. The molecule has 1 N–H and O–H groups in total. The first-order valence-corrected chi connectivity index (χ1v) is 5.13. The lowest BCUT2D eigenvalue weighted by molar-refractivity contribution is -0.114.